The van der Waals surface area contributed by atoms with Gasteiger partial charge < -0.3 is 15.0 Å². The minimum atomic E-state index is -0.553. The number of benzene rings is 1. The Labute approximate surface area is 150 Å². The van der Waals surface area contributed by atoms with Gasteiger partial charge in [0, 0.05) is 10.0 Å². The molecule has 2 rings (SSSR count). The molecule has 0 spiro atoms. The highest BCUT2D eigenvalue weighted by Crippen LogP contribution is 2.27. The molecule has 6 heteroatoms. The minimum Gasteiger partial charge on any atom is -0.444 e. The Kier molecular flexibility index (Phi) is 5.83. The van der Waals surface area contributed by atoms with Crippen molar-refractivity contribution in [2.24, 2.45) is 0 Å². The van der Waals surface area contributed by atoms with Crippen LogP contribution in [0.5, 0.6) is 0 Å². The van der Waals surface area contributed by atoms with Crippen molar-refractivity contribution in [2.75, 3.05) is 0 Å². The van der Waals surface area contributed by atoms with Crippen molar-refractivity contribution in [2.45, 2.75) is 38.8 Å². The Morgan fingerprint density at radius 2 is 2.33 bits per heavy atom. The summed E-state index contributed by atoms with van der Waals surface area (Å²) in [6, 6.07) is 8.28. The highest BCUT2D eigenvalue weighted by Gasteiger charge is 2.22. The van der Waals surface area contributed by atoms with E-state index < -0.39 is 11.7 Å². The molecule has 1 aromatic heterocycles. The largest absolute Gasteiger partial charge is 0.444 e. The lowest BCUT2D eigenvalue weighted by Gasteiger charge is -2.22. The zero-order valence-corrected chi connectivity index (χ0v) is 15.6. The molecule has 2 aromatic rings. The number of carbonyl (C=O) groups excluding carboxylic acids is 1. The molecule has 1 atom stereocenters. The van der Waals surface area contributed by atoms with Crippen LogP contribution >= 0.6 is 15.9 Å². The Morgan fingerprint density at radius 3 is 2.96 bits per heavy atom. The number of H-pyrrole nitrogens is 1. The number of alkyl carbamates (subject to hydrolysis) is 1. The van der Waals surface area contributed by atoms with Crippen molar-refractivity contribution in [3.8, 4) is 11.3 Å². The maximum absolute atomic E-state index is 12.0. The fraction of sp³-hybridized carbons (Fsp3) is 0.333. The molecule has 5 nitrogen and oxygen atoms in total. The van der Waals surface area contributed by atoms with E-state index in [-0.39, 0.29) is 6.04 Å². The molecule has 0 aliphatic heterocycles. The van der Waals surface area contributed by atoms with Gasteiger partial charge in [0.15, 0.2) is 0 Å². The van der Waals surface area contributed by atoms with Gasteiger partial charge in [-0.2, -0.15) is 0 Å². The van der Waals surface area contributed by atoms with Crippen LogP contribution < -0.4 is 5.32 Å². The smallest absolute Gasteiger partial charge is 0.408 e. The van der Waals surface area contributed by atoms with E-state index in [1.165, 1.54) is 0 Å². The zero-order valence-electron chi connectivity index (χ0n) is 14.0. The number of ether oxygens (including phenoxy) is 1. The molecule has 1 heterocycles. The van der Waals surface area contributed by atoms with E-state index in [4.69, 9.17) is 4.74 Å². The number of aromatic nitrogens is 2. The number of halogens is 1. The molecule has 0 saturated heterocycles. The van der Waals surface area contributed by atoms with E-state index in [0.717, 1.165) is 15.7 Å². The van der Waals surface area contributed by atoms with Gasteiger partial charge in [-0.15, -0.1) is 6.58 Å². The highest BCUT2D eigenvalue weighted by molar-refractivity contribution is 9.10. The summed E-state index contributed by atoms with van der Waals surface area (Å²) in [6.45, 7) is 9.21. The molecule has 1 aromatic carbocycles. The number of amides is 1. The number of rotatable bonds is 5. The van der Waals surface area contributed by atoms with Crippen LogP contribution in [-0.2, 0) is 4.74 Å². The Hall–Kier alpha value is -2.08. The maximum atomic E-state index is 12.0. The number of aromatic amines is 1. The van der Waals surface area contributed by atoms with Crippen molar-refractivity contribution in [1.29, 1.82) is 0 Å². The van der Waals surface area contributed by atoms with E-state index in [1.807, 2.05) is 39.0 Å². The van der Waals surface area contributed by atoms with Gasteiger partial charge in [0.2, 0.25) is 0 Å². The Bertz CT molecular complexity index is 719. The lowest BCUT2D eigenvalue weighted by molar-refractivity contribution is 0.0502. The molecule has 24 heavy (non-hydrogen) atoms. The predicted molar refractivity (Wildman–Crippen MR) is 97.5 cm³/mol. The average Bonchev–Trinajstić information content (AvgIpc) is 2.95. The summed E-state index contributed by atoms with van der Waals surface area (Å²) in [5, 5.41) is 2.83. The first-order valence-electron chi connectivity index (χ1n) is 7.61. The highest BCUT2D eigenvalue weighted by atomic mass is 79.9. The monoisotopic (exact) mass is 390 g/mol. The fourth-order valence-corrected chi connectivity index (χ4v) is 2.61. The molecule has 2 N–H and O–H groups in total. The summed E-state index contributed by atoms with van der Waals surface area (Å²) in [4.78, 5) is 19.7. The standard InChI is InChI=1S/C18H21BrN3O2/c1-5-8-14(22-17(23)24-18(2,3)4)16-20-11-15(21-16)12-9-6-7-10-13(12)19/h5-6,9-11,14H,1,8H2,2-4H3,(H,20,21)(H,22,23)/t14-/m0/s1. The number of nitrogens with one attached hydrogen (secondary N) is 2. The van der Waals surface area contributed by atoms with Gasteiger partial charge in [0.05, 0.1) is 17.9 Å². The van der Waals surface area contributed by atoms with Crippen molar-refractivity contribution in [1.82, 2.24) is 15.3 Å². The maximum Gasteiger partial charge on any atom is 0.408 e. The molecule has 1 radical (unpaired) electrons. The van der Waals surface area contributed by atoms with Crippen LogP contribution in [0.3, 0.4) is 0 Å². The van der Waals surface area contributed by atoms with Crippen LogP contribution in [0.25, 0.3) is 11.3 Å². The lowest BCUT2D eigenvalue weighted by atomic mass is 10.2. The predicted octanol–water partition coefficient (Wildman–Crippen LogP) is 4.78. The number of hydrogen-bond donors (Lipinski definition) is 2. The second-order valence-electron chi connectivity index (χ2n) is 6.31. The van der Waals surface area contributed by atoms with Crippen LogP contribution in [0, 0.1) is 6.07 Å². The molecular formula is C18H21BrN3O2. The molecule has 0 saturated carbocycles. The summed E-state index contributed by atoms with van der Waals surface area (Å²) in [5.41, 5.74) is 1.27. The van der Waals surface area contributed by atoms with Crippen LogP contribution in [0.2, 0.25) is 0 Å². The van der Waals surface area contributed by atoms with E-state index >= 15 is 0 Å². The average molecular weight is 391 g/mol. The minimum absolute atomic E-state index is 0.333. The third-order valence-electron chi connectivity index (χ3n) is 3.12. The van der Waals surface area contributed by atoms with E-state index in [2.05, 4.69) is 43.9 Å². The molecular weight excluding hydrogens is 370 g/mol. The molecule has 0 aliphatic carbocycles. The first-order valence-corrected chi connectivity index (χ1v) is 8.40. The normalized spacial score (nSPS) is 12.5. The third-order valence-corrected chi connectivity index (χ3v) is 3.78. The quantitative estimate of drug-likeness (QED) is 0.721. The van der Waals surface area contributed by atoms with E-state index in [0.29, 0.717) is 12.2 Å². The fourth-order valence-electron chi connectivity index (χ4n) is 2.13. The van der Waals surface area contributed by atoms with E-state index in [9.17, 15) is 4.79 Å². The molecule has 1 amide bonds. The first-order chi connectivity index (χ1) is 11.3. The summed E-state index contributed by atoms with van der Waals surface area (Å²) < 4.78 is 6.23. The van der Waals surface area contributed by atoms with Gasteiger partial charge in [0.1, 0.15) is 11.4 Å². The first kappa shape index (κ1) is 18.3. The molecule has 0 aliphatic rings. The summed E-state index contributed by atoms with van der Waals surface area (Å²) in [5.74, 6) is 0.649. The second-order valence-corrected chi connectivity index (χ2v) is 7.17. The van der Waals surface area contributed by atoms with Crippen molar-refractivity contribution in [3.05, 3.63) is 53.4 Å². The molecule has 0 unspecified atom stereocenters. The van der Waals surface area contributed by atoms with Gasteiger partial charge in [-0.1, -0.05) is 34.1 Å². The summed E-state index contributed by atoms with van der Waals surface area (Å²) in [6.07, 6.45) is 3.53. The van der Waals surface area contributed by atoms with Gasteiger partial charge >= 0.3 is 6.09 Å². The molecule has 0 fully saturated rings. The van der Waals surface area contributed by atoms with Gasteiger partial charge in [-0.25, -0.2) is 9.78 Å². The van der Waals surface area contributed by atoms with Crippen molar-refractivity contribution >= 4 is 22.0 Å². The van der Waals surface area contributed by atoms with Crippen LogP contribution in [-0.4, -0.2) is 21.7 Å². The van der Waals surface area contributed by atoms with E-state index in [1.54, 1.807) is 12.3 Å². The van der Waals surface area contributed by atoms with Gasteiger partial charge in [-0.3, -0.25) is 0 Å². The summed E-state index contributed by atoms with van der Waals surface area (Å²) in [7, 11) is 0. The number of nitrogens with zero attached hydrogens (tertiary/aromatic N) is 1. The second kappa shape index (κ2) is 7.66. The van der Waals surface area contributed by atoms with Crippen LogP contribution in [0.15, 0.2) is 41.5 Å². The third kappa shape index (κ3) is 4.96. The lowest BCUT2D eigenvalue weighted by Crippen LogP contribution is -2.35. The van der Waals surface area contributed by atoms with Crippen molar-refractivity contribution in [3.63, 3.8) is 0 Å². The Balaban J connectivity index is 2.19. The van der Waals surface area contributed by atoms with Crippen LogP contribution in [0.1, 0.15) is 39.1 Å². The SMILES string of the molecule is C=CC[C@H](NC(=O)OC(C)(C)C)c1ncc(-c2cc[c]cc2Br)[nH]1. The zero-order chi connectivity index (χ0) is 17.7. The Morgan fingerprint density at radius 1 is 1.58 bits per heavy atom. The summed E-state index contributed by atoms with van der Waals surface area (Å²) >= 11 is 3.50. The molecule has 0 bridgehead atoms. The topological polar surface area (TPSA) is 67.0 Å². The van der Waals surface area contributed by atoms with Gasteiger partial charge in [-0.05, 0) is 39.3 Å². The number of imidazole rings is 1. The van der Waals surface area contributed by atoms with Crippen molar-refractivity contribution < 1.29 is 9.53 Å². The number of hydrogen-bond acceptors (Lipinski definition) is 3. The van der Waals surface area contributed by atoms with Crippen LogP contribution in [0.4, 0.5) is 4.79 Å². The van der Waals surface area contributed by atoms with Gasteiger partial charge in [0.25, 0.3) is 0 Å². The molecule has 127 valence electrons. The number of carbonyl (C=O) groups is 1.